The summed E-state index contributed by atoms with van der Waals surface area (Å²) in [5, 5.41) is 5.24. The molecule has 122 valence electrons. The van der Waals surface area contributed by atoms with Crippen molar-refractivity contribution < 1.29 is 13.6 Å². The van der Waals surface area contributed by atoms with E-state index < -0.39 is 24.9 Å². The lowest BCUT2D eigenvalue weighted by Crippen LogP contribution is -2.40. The summed E-state index contributed by atoms with van der Waals surface area (Å²) < 4.78 is 28.1. The van der Waals surface area contributed by atoms with Gasteiger partial charge in [0.25, 0.3) is 5.92 Å². The molecule has 1 fully saturated rings. The molecule has 1 unspecified atom stereocenters. The van der Waals surface area contributed by atoms with Crippen LogP contribution in [0.15, 0.2) is 43.0 Å². The number of hydrogen-bond donors (Lipinski definition) is 2. The van der Waals surface area contributed by atoms with Gasteiger partial charge in [-0.2, -0.15) is 0 Å². The standard InChI is InChI=1S/C16H18F2N4O/c17-16(18)7-14(21-10-16)15(23)20-8-12-1-3-13(4-2-12)9-22-6-5-19-11-22/h1-6,11,14,21H,7-10H2,(H,20,23). The van der Waals surface area contributed by atoms with E-state index in [2.05, 4.69) is 15.6 Å². The largest absolute Gasteiger partial charge is 0.351 e. The Hall–Kier alpha value is -2.28. The van der Waals surface area contributed by atoms with Gasteiger partial charge in [0, 0.05) is 31.9 Å². The van der Waals surface area contributed by atoms with Crippen molar-refractivity contribution in [1.29, 1.82) is 0 Å². The molecule has 1 aliphatic rings. The lowest BCUT2D eigenvalue weighted by Gasteiger charge is -2.11. The van der Waals surface area contributed by atoms with Crippen molar-refractivity contribution in [3.8, 4) is 0 Å². The molecule has 1 saturated heterocycles. The molecule has 2 aromatic rings. The lowest BCUT2D eigenvalue weighted by molar-refractivity contribution is -0.123. The van der Waals surface area contributed by atoms with Crippen LogP contribution in [0.4, 0.5) is 8.78 Å². The SMILES string of the molecule is O=C(NCc1ccc(Cn2ccnc2)cc1)C1CC(F)(F)CN1. The van der Waals surface area contributed by atoms with Gasteiger partial charge in [0.2, 0.25) is 5.91 Å². The number of nitrogens with one attached hydrogen (secondary N) is 2. The summed E-state index contributed by atoms with van der Waals surface area (Å²) in [5.41, 5.74) is 2.05. The van der Waals surface area contributed by atoms with Gasteiger partial charge < -0.3 is 9.88 Å². The molecular weight excluding hydrogens is 302 g/mol. The van der Waals surface area contributed by atoms with Crippen LogP contribution in [0, 0.1) is 0 Å². The van der Waals surface area contributed by atoms with Crippen molar-refractivity contribution in [1.82, 2.24) is 20.2 Å². The van der Waals surface area contributed by atoms with Gasteiger partial charge in [-0.15, -0.1) is 0 Å². The Labute approximate surface area is 132 Å². The number of carbonyl (C=O) groups excluding carboxylic acids is 1. The average Bonchev–Trinajstić information content (AvgIpc) is 3.15. The first-order valence-corrected chi connectivity index (χ1v) is 7.44. The minimum absolute atomic E-state index is 0.327. The zero-order valence-electron chi connectivity index (χ0n) is 12.5. The average molecular weight is 320 g/mol. The van der Waals surface area contributed by atoms with Crippen LogP contribution in [-0.4, -0.2) is 34.0 Å². The predicted octanol–water partition coefficient (Wildman–Crippen LogP) is 1.54. The number of nitrogens with zero attached hydrogens (tertiary/aromatic N) is 2. The van der Waals surface area contributed by atoms with E-state index in [-0.39, 0.29) is 5.91 Å². The van der Waals surface area contributed by atoms with Gasteiger partial charge in [0.15, 0.2) is 0 Å². The van der Waals surface area contributed by atoms with E-state index in [1.165, 1.54) is 0 Å². The Morgan fingerprint density at radius 1 is 1.35 bits per heavy atom. The topological polar surface area (TPSA) is 59.0 Å². The smallest absolute Gasteiger partial charge is 0.262 e. The highest BCUT2D eigenvalue weighted by atomic mass is 19.3. The van der Waals surface area contributed by atoms with Crippen LogP contribution in [0.3, 0.4) is 0 Å². The van der Waals surface area contributed by atoms with Gasteiger partial charge >= 0.3 is 0 Å². The molecule has 0 aliphatic carbocycles. The fourth-order valence-electron chi connectivity index (χ4n) is 2.57. The van der Waals surface area contributed by atoms with Crippen molar-refractivity contribution in [3.05, 3.63) is 54.1 Å². The Morgan fingerprint density at radius 2 is 2.09 bits per heavy atom. The number of rotatable bonds is 5. The number of alkyl halides is 2. The molecule has 2 N–H and O–H groups in total. The molecule has 7 heteroatoms. The van der Waals surface area contributed by atoms with Crippen molar-refractivity contribution >= 4 is 5.91 Å². The highest BCUT2D eigenvalue weighted by molar-refractivity contribution is 5.82. The molecule has 1 aliphatic heterocycles. The molecule has 5 nitrogen and oxygen atoms in total. The van der Waals surface area contributed by atoms with Crippen molar-refractivity contribution in [2.75, 3.05) is 6.54 Å². The summed E-state index contributed by atoms with van der Waals surface area (Å²) in [6.45, 7) is 0.621. The molecular formula is C16H18F2N4O. The Bertz CT molecular complexity index is 655. The lowest BCUT2D eigenvalue weighted by atomic mass is 10.1. The van der Waals surface area contributed by atoms with Crippen LogP contribution in [0.5, 0.6) is 0 Å². The molecule has 1 atom stereocenters. The molecule has 0 spiro atoms. The van der Waals surface area contributed by atoms with Gasteiger partial charge in [0.1, 0.15) is 0 Å². The summed E-state index contributed by atoms with van der Waals surface area (Å²) in [4.78, 5) is 15.9. The Morgan fingerprint density at radius 3 is 2.70 bits per heavy atom. The van der Waals surface area contributed by atoms with Gasteiger partial charge in [-0.3, -0.25) is 10.1 Å². The molecule has 0 bridgehead atoms. The molecule has 3 rings (SSSR count). The van der Waals surface area contributed by atoms with Gasteiger partial charge in [-0.25, -0.2) is 13.8 Å². The number of benzene rings is 1. The van der Waals surface area contributed by atoms with Crippen LogP contribution < -0.4 is 10.6 Å². The van der Waals surface area contributed by atoms with E-state index >= 15 is 0 Å². The zero-order valence-corrected chi connectivity index (χ0v) is 12.5. The zero-order chi connectivity index (χ0) is 16.3. The molecule has 0 radical (unpaired) electrons. The van der Waals surface area contributed by atoms with E-state index in [9.17, 15) is 13.6 Å². The minimum atomic E-state index is -2.79. The molecule has 0 saturated carbocycles. The van der Waals surface area contributed by atoms with Gasteiger partial charge in [0.05, 0.1) is 18.9 Å². The Balaban J connectivity index is 1.50. The normalized spacial score (nSPS) is 19.7. The van der Waals surface area contributed by atoms with Crippen LogP contribution in [-0.2, 0) is 17.9 Å². The van der Waals surface area contributed by atoms with Crippen LogP contribution in [0.2, 0.25) is 0 Å². The number of hydrogen-bond acceptors (Lipinski definition) is 3. The number of aromatic nitrogens is 2. The van der Waals surface area contributed by atoms with E-state index in [0.717, 1.165) is 17.7 Å². The van der Waals surface area contributed by atoms with Crippen LogP contribution in [0.1, 0.15) is 17.5 Å². The second kappa shape index (κ2) is 6.45. The fraction of sp³-hybridized carbons (Fsp3) is 0.375. The highest BCUT2D eigenvalue weighted by Crippen LogP contribution is 2.25. The maximum absolute atomic E-state index is 13.1. The van der Waals surface area contributed by atoms with E-state index in [4.69, 9.17) is 0 Å². The first-order valence-electron chi connectivity index (χ1n) is 7.44. The Kier molecular flexibility index (Phi) is 4.38. The number of amides is 1. The monoisotopic (exact) mass is 320 g/mol. The fourth-order valence-corrected chi connectivity index (χ4v) is 2.57. The maximum atomic E-state index is 13.1. The van der Waals surface area contributed by atoms with Gasteiger partial charge in [-0.05, 0) is 11.1 Å². The molecule has 23 heavy (non-hydrogen) atoms. The summed E-state index contributed by atoms with van der Waals surface area (Å²) in [5.74, 6) is -3.18. The van der Waals surface area contributed by atoms with Gasteiger partial charge in [-0.1, -0.05) is 24.3 Å². The van der Waals surface area contributed by atoms with E-state index in [1.54, 1.807) is 12.5 Å². The van der Waals surface area contributed by atoms with E-state index in [1.807, 2.05) is 35.0 Å². The molecule has 1 amide bonds. The molecule has 1 aromatic carbocycles. The third-order valence-electron chi connectivity index (χ3n) is 3.84. The number of halogens is 2. The minimum Gasteiger partial charge on any atom is -0.351 e. The third kappa shape index (κ3) is 4.13. The maximum Gasteiger partial charge on any atom is 0.262 e. The van der Waals surface area contributed by atoms with Crippen molar-refractivity contribution in [2.24, 2.45) is 0 Å². The number of imidazole rings is 1. The predicted molar refractivity (Wildman–Crippen MR) is 81.0 cm³/mol. The summed E-state index contributed by atoms with van der Waals surface area (Å²) in [6, 6.07) is 6.98. The van der Waals surface area contributed by atoms with Crippen molar-refractivity contribution in [3.63, 3.8) is 0 Å². The summed E-state index contributed by atoms with van der Waals surface area (Å²) in [6.07, 6.45) is 4.92. The quantitative estimate of drug-likeness (QED) is 0.879. The highest BCUT2D eigenvalue weighted by Gasteiger charge is 2.42. The van der Waals surface area contributed by atoms with E-state index in [0.29, 0.717) is 6.54 Å². The first-order chi connectivity index (χ1) is 11.0. The molecule has 2 heterocycles. The second-order valence-electron chi connectivity index (χ2n) is 5.76. The summed E-state index contributed by atoms with van der Waals surface area (Å²) in [7, 11) is 0. The first kappa shape index (κ1) is 15.6. The van der Waals surface area contributed by atoms with Crippen LogP contribution >= 0.6 is 0 Å². The van der Waals surface area contributed by atoms with Crippen molar-refractivity contribution in [2.45, 2.75) is 31.5 Å². The van der Waals surface area contributed by atoms with Crippen LogP contribution in [0.25, 0.3) is 0 Å². The number of carbonyl (C=O) groups is 1. The third-order valence-corrected chi connectivity index (χ3v) is 3.84. The summed E-state index contributed by atoms with van der Waals surface area (Å²) >= 11 is 0. The molecule has 1 aromatic heterocycles. The second-order valence-corrected chi connectivity index (χ2v) is 5.76.